The Labute approximate surface area is 178 Å². The summed E-state index contributed by atoms with van der Waals surface area (Å²) in [6.45, 7) is 1.23. The summed E-state index contributed by atoms with van der Waals surface area (Å²) < 4.78 is 28.3. The Bertz CT molecular complexity index is 1170. The van der Waals surface area contributed by atoms with E-state index >= 15 is 0 Å². The minimum atomic E-state index is -4.15. The number of nitrogens with one attached hydrogen (secondary N) is 2. The van der Waals surface area contributed by atoms with E-state index in [1.807, 2.05) is 0 Å². The molecule has 0 aliphatic carbocycles. The molecule has 0 radical (unpaired) electrons. The topological polar surface area (TPSA) is 113 Å². The molecule has 0 bridgehead atoms. The second-order valence-electron chi connectivity index (χ2n) is 7.14. The highest BCUT2D eigenvalue weighted by Crippen LogP contribution is 2.27. The van der Waals surface area contributed by atoms with Gasteiger partial charge in [0.05, 0.1) is 27.3 Å². The summed E-state index contributed by atoms with van der Waals surface area (Å²) in [5, 5.41) is 2.38. The number of benzene rings is 2. The van der Waals surface area contributed by atoms with Gasteiger partial charge in [-0.05, 0) is 55.7 Å². The minimum Gasteiger partial charge on any atom is -0.339 e. The molecule has 156 valence electrons. The zero-order chi connectivity index (χ0) is 21.5. The Hall–Kier alpha value is -2.91. The van der Waals surface area contributed by atoms with Gasteiger partial charge in [0.25, 0.3) is 27.7 Å². The van der Waals surface area contributed by atoms with E-state index in [2.05, 4.69) is 10.0 Å². The van der Waals surface area contributed by atoms with Crippen LogP contribution < -0.4 is 10.0 Å². The number of sulfonamides is 1. The van der Waals surface area contributed by atoms with Gasteiger partial charge in [-0.3, -0.25) is 24.4 Å². The molecule has 2 heterocycles. The first-order valence-electron chi connectivity index (χ1n) is 9.38. The van der Waals surface area contributed by atoms with Gasteiger partial charge >= 0.3 is 0 Å². The third-order valence-corrected chi connectivity index (χ3v) is 6.72. The number of amides is 3. The van der Waals surface area contributed by atoms with Crippen LogP contribution in [0.3, 0.4) is 0 Å². The van der Waals surface area contributed by atoms with Gasteiger partial charge in [-0.15, -0.1) is 0 Å². The highest BCUT2D eigenvalue weighted by Gasteiger charge is 2.29. The van der Waals surface area contributed by atoms with Crippen LogP contribution in [0.4, 0.5) is 5.69 Å². The molecule has 3 amide bonds. The molecule has 4 rings (SSSR count). The number of fused-ring (bicyclic) bond motifs is 1. The summed E-state index contributed by atoms with van der Waals surface area (Å²) in [6.07, 6.45) is 2.85. The molecule has 1 fully saturated rings. The lowest BCUT2D eigenvalue weighted by Crippen LogP contribution is -2.36. The van der Waals surface area contributed by atoms with Crippen molar-refractivity contribution in [2.24, 2.45) is 0 Å². The van der Waals surface area contributed by atoms with Gasteiger partial charge in [0.15, 0.2) is 0 Å². The van der Waals surface area contributed by atoms with Crippen molar-refractivity contribution in [1.82, 2.24) is 10.2 Å². The maximum Gasteiger partial charge on any atom is 0.261 e. The standard InChI is InChI=1S/C20H18ClN3O5S/c21-12-4-6-15(20(27)24-8-2-1-3-9-24)17(10-12)23-30(28,29)13-5-7-14-16(11-13)19(26)22-18(14)25/h4-7,10-11,23H,1-3,8-9H2,(H,22,25,26). The molecule has 0 atom stereocenters. The summed E-state index contributed by atoms with van der Waals surface area (Å²) in [4.78, 5) is 38.0. The zero-order valence-corrected chi connectivity index (χ0v) is 17.3. The van der Waals surface area contributed by atoms with Crippen LogP contribution in [0, 0.1) is 0 Å². The highest BCUT2D eigenvalue weighted by atomic mass is 35.5. The molecule has 2 aromatic rings. The fourth-order valence-electron chi connectivity index (χ4n) is 3.57. The number of hydrogen-bond acceptors (Lipinski definition) is 5. The van der Waals surface area contributed by atoms with E-state index in [1.54, 1.807) is 4.90 Å². The summed E-state index contributed by atoms with van der Waals surface area (Å²) in [7, 11) is -4.15. The second-order valence-corrected chi connectivity index (χ2v) is 9.26. The third kappa shape index (κ3) is 3.78. The molecule has 2 aliphatic rings. The fourth-order valence-corrected chi connectivity index (χ4v) is 4.84. The van der Waals surface area contributed by atoms with E-state index in [4.69, 9.17) is 11.6 Å². The molecule has 2 N–H and O–H groups in total. The van der Waals surface area contributed by atoms with Gasteiger partial charge in [-0.2, -0.15) is 0 Å². The van der Waals surface area contributed by atoms with Crippen molar-refractivity contribution in [3.05, 3.63) is 58.1 Å². The van der Waals surface area contributed by atoms with Crippen LogP contribution in [0.25, 0.3) is 0 Å². The molecule has 0 spiro atoms. The third-order valence-electron chi connectivity index (χ3n) is 5.12. The molecule has 30 heavy (non-hydrogen) atoms. The van der Waals surface area contributed by atoms with Crippen LogP contribution in [0.5, 0.6) is 0 Å². The first-order chi connectivity index (χ1) is 14.3. The average molecular weight is 448 g/mol. The van der Waals surface area contributed by atoms with E-state index in [1.165, 1.54) is 30.3 Å². The lowest BCUT2D eigenvalue weighted by Gasteiger charge is -2.27. The first kappa shape index (κ1) is 20.4. The molecule has 0 saturated carbocycles. The van der Waals surface area contributed by atoms with Gasteiger partial charge in [-0.25, -0.2) is 8.42 Å². The molecule has 1 saturated heterocycles. The average Bonchev–Trinajstić information content (AvgIpc) is 3.01. The number of halogens is 1. The SMILES string of the molecule is O=C1NC(=O)c2cc(S(=O)(=O)Nc3cc(Cl)ccc3C(=O)N3CCCCC3)ccc21. The smallest absolute Gasteiger partial charge is 0.261 e. The molecule has 0 unspecified atom stereocenters. The van der Waals surface area contributed by atoms with E-state index in [-0.39, 0.29) is 38.2 Å². The predicted octanol–water partition coefficient (Wildman–Crippen LogP) is 2.65. The summed E-state index contributed by atoms with van der Waals surface area (Å²) in [6, 6.07) is 8.04. The number of anilines is 1. The number of hydrogen-bond donors (Lipinski definition) is 2. The normalized spacial score (nSPS) is 16.2. The molecule has 2 aromatic carbocycles. The zero-order valence-electron chi connectivity index (χ0n) is 15.8. The number of carbonyl (C=O) groups excluding carboxylic acids is 3. The van der Waals surface area contributed by atoms with Crippen molar-refractivity contribution in [2.45, 2.75) is 24.2 Å². The number of carbonyl (C=O) groups is 3. The van der Waals surface area contributed by atoms with Gasteiger partial charge < -0.3 is 4.90 Å². The fraction of sp³-hybridized carbons (Fsp3) is 0.250. The summed E-state index contributed by atoms with van der Waals surface area (Å²) in [5.41, 5.74) is 0.347. The predicted molar refractivity (Wildman–Crippen MR) is 110 cm³/mol. The first-order valence-corrected chi connectivity index (χ1v) is 11.2. The Morgan fingerprint density at radius 2 is 1.67 bits per heavy atom. The van der Waals surface area contributed by atoms with Crippen LogP contribution in [-0.2, 0) is 10.0 Å². The number of imide groups is 1. The Balaban J connectivity index is 1.68. The number of nitrogens with zero attached hydrogens (tertiary/aromatic N) is 1. The maximum atomic E-state index is 13.0. The summed E-state index contributed by atoms with van der Waals surface area (Å²) in [5.74, 6) is -1.50. The van der Waals surface area contributed by atoms with Gasteiger partial charge in [-0.1, -0.05) is 11.6 Å². The van der Waals surface area contributed by atoms with Crippen LogP contribution in [0.2, 0.25) is 5.02 Å². The Morgan fingerprint density at radius 1 is 0.967 bits per heavy atom. The molecule has 2 aliphatic heterocycles. The maximum absolute atomic E-state index is 13.0. The minimum absolute atomic E-state index is 0.0152. The van der Waals surface area contributed by atoms with Gasteiger partial charge in [0.1, 0.15) is 0 Å². The Morgan fingerprint density at radius 3 is 2.40 bits per heavy atom. The molecular formula is C20H18ClN3O5S. The van der Waals surface area contributed by atoms with Gasteiger partial charge in [0, 0.05) is 18.1 Å². The molecule has 8 nitrogen and oxygen atoms in total. The highest BCUT2D eigenvalue weighted by molar-refractivity contribution is 7.92. The summed E-state index contributed by atoms with van der Waals surface area (Å²) >= 11 is 6.04. The van der Waals surface area contributed by atoms with Crippen LogP contribution in [0.1, 0.15) is 50.3 Å². The van der Waals surface area contributed by atoms with Gasteiger partial charge in [0.2, 0.25) is 0 Å². The van der Waals surface area contributed by atoms with Crippen molar-refractivity contribution < 1.29 is 22.8 Å². The van der Waals surface area contributed by atoms with Crippen LogP contribution in [-0.4, -0.2) is 44.1 Å². The monoisotopic (exact) mass is 447 g/mol. The lowest BCUT2D eigenvalue weighted by molar-refractivity contribution is 0.0724. The lowest BCUT2D eigenvalue weighted by atomic mass is 10.1. The molecular weight excluding hydrogens is 430 g/mol. The van der Waals surface area contributed by atoms with Crippen LogP contribution in [0.15, 0.2) is 41.3 Å². The number of likely N-dealkylation sites (tertiary alicyclic amines) is 1. The molecule has 0 aromatic heterocycles. The van der Waals surface area contributed by atoms with Crippen molar-refractivity contribution in [3.63, 3.8) is 0 Å². The largest absolute Gasteiger partial charge is 0.339 e. The Kier molecular flexibility index (Phi) is 5.25. The van der Waals surface area contributed by atoms with E-state index in [0.29, 0.717) is 13.1 Å². The van der Waals surface area contributed by atoms with Crippen molar-refractivity contribution in [1.29, 1.82) is 0 Å². The van der Waals surface area contributed by atoms with E-state index in [9.17, 15) is 22.8 Å². The van der Waals surface area contributed by atoms with Crippen molar-refractivity contribution in [3.8, 4) is 0 Å². The van der Waals surface area contributed by atoms with E-state index < -0.39 is 21.8 Å². The quantitative estimate of drug-likeness (QED) is 0.699. The number of rotatable bonds is 4. The number of piperidine rings is 1. The van der Waals surface area contributed by atoms with Crippen LogP contribution >= 0.6 is 11.6 Å². The molecule has 10 heteroatoms. The van der Waals surface area contributed by atoms with E-state index in [0.717, 1.165) is 25.3 Å². The van der Waals surface area contributed by atoms with Crippen molar-refractivity contribution >= 4 is 45.0 Å². The van der Waals surface area contributed by atoms with Crippen molar-refractivity contribution in [2.75, 3.05) is 17.8 Å². The second kappa shape index (κ2) is 7.73.